The Labute approximate surface area is 139 Å². The first-order chi connectivity index (χ1) is 11.2. The molecule has 0 spiro atoms. The van der Waals surface area contributed by atoms with E-state index in [1.54, 1.807) is 7.11 Å². The van der Waals surface area contributed by atoms with Crippen molar-refractivity contribution in [2.24, 2.45) is 5.92 Å². The minimum atomic E-state index is 0.280. The molecule has 0 bridgehead atoms. The Balaban J connectivity index is 2.02. The van der Waals surface area contributed by atoms with Crippen LogP contribution in [-0.4, -0.2) is 29.7 Å². The van der Waals surface area contributed by atoms with Gasteiger partial charge in [0.1, 0.15) is 5.75 Å². The first-order valence-corrected chi connectivity index (χ1v) is 8.72. The molecule has 1 atom stereocenters. The molecule has 1 aliphatic rings. The highest BCUT2D eigenvalue weighted by atomic mass is 16.5. The van der Waals surface area contributed by atoms with Crippen LogP contribution < -0.4 is 4.74 Å². The summed E-state index contributed by atoms with van der Waals surface area (Å²) in [6.07, 6.45) is 4.64. The molecule has 1 aliphatic heterocycles. The lowest BCUT2D eigenvalue weighted by Crippen LogP contribution is -2.31. The molecule has 0 unspecified atom stereocenters. The molecule has 3 heteroatoms. The van der Waals surface area contributed by atoms with Crippen LogP contribution in [0.2, 0.25) is 0 Å². The van der Waals surface area contributed by atoms with E-state index < -0.39 is 0 Å². The normalized spacial score (nSPS) is 18.7. The lowest BCUT2D eigenvalue weighted by molar-refractivity contribution is 0.213. The molecule has 2 heterocycles. The van der Waals surface area contributed by atoms with Crippen molar-refractivity contribution in [2.75, 3.05) is 20.2 Å². The maximum atomic E-state index is 5.67. The van der Waals surface area contributed by atoms with Crippen LogP contribution in [0.4, 0.5) is 0 Å². The topological polar surface area (TPSA) is 17.4 Å². The Morgan fingerprint density at radius 2 is 1.96 bits per heavy atom. The van der Waals surface area contributed by atoms with Crippen LogP contribution in [0.3, 0.4) is 0 Å². The van der Waals surface area contributed by atoms with Crippen molar-refractivity contribution >= 4 is 0 Å². The number of benzene rings is 1. The van der Waals surface area contributed by atoms with E-state index in [4.69, 9.17) is 4.74 Å². The number of nitrogens with zero attached hydrogens (tertiary/aromatic N) is 2. The van der Waals surface area contributed by atoms with Crippen molar-refractivity contribution < 1.29 is 4.74 Å². The highest BCUT2D eigenvalue weighted by Gasteiger charge is 2.29. The first-order valence-electron chi connectivity index (χ1n) is 8.72. The van der Waals surface area contributed by atoms with Gasteiger partial charge >= 0.3 is 0 Å². The summed E-state index contributed by atoms with van der Waals surface area (Å²) in [5.74, 6) is 1.71. The van der Waals surface area contributed by atoms with Gasteiger partial charge in [0, 0.05) is 30.5 Å². The van der Waals surface area contributed by atoms with E-state index in [0.29, 0.717) is 0 Å². The average molecular weight is 312 g/mol. The fraction of sp³-hybridized carbons (Fsp3) is 0.500. The molecule has 0 fully saturated rings. The SMILES string of the molecule is COc1ccccc1[C@H]1c2cccn2CCCN1CCC(C)C. The molecule has 0 saturated heterocycles. The second-order valence-corrected chi connectivity index (χ2v) is 6.84. The van der Waals surface area contributed by atoms with E-state index in [1.165, 1.54) is 24.1 Å². The summed E-state index contributed by atoms with van der Waals surface area (Å²) in [6, 6.07) is 13.2. The van der Waals surface area contributed by atoms with Crippen LogP contribution in [0.5, 0.6) is 5.75 Å². The molecule has 1 aromatic heterocycles. The fourth-order valence-corrected chi connectivity index (χ4v) is 3.55. The molecule has 0 N–H and O–H groups in total. The summed E-state index contributed by atoms with van der Waals surface area (Å²) in [5, 5.41) is 0. The summed E-state index contributed by atoms with van der Waals surface area (Å²) in [7, 11) is 1.77. The molecule has 3 nitrogen and oxygen atoms in total. The molecule has 124 valence electrons. The number of aromatic nitrogens is 1. The zero-order valence-corrected chi connectivity index (χ0v) is 14.5. The largest absolute Gasteiger partial charge is 0.496 e. The van der Waals surface area contributed by atoms with Crippen molar-refractivity contribution in [3.05, 3.63) is 53.9 Å². The van der Waals surface area contributed by atoms with Gasteiger partial charge < -0.3 is 9.30 Å². The summed E-state index contributed by atoms with van der Waals surface area (Å²) in [4.78, 5) is 2.64. The summed E-state index contributed by atoms with van der Waals surface area (Å²) >= 11 is 0. The Kier molecular flexibility index (Phi) is 5.06. The minimum absolute atomic E-state index is 0.280. The highest BCUT2D eigenvalue weighted by molar-refractivity contribution is 5.40. The predicted molar refractivity (Wildman–Crippen MR) is 94.9 cm³/mol. The predicted octanol–water partition coefficient (Wildman–Crippen LogP) is 4.34. The number of methoxy groups -OCH3 is 1. The zero-order chi connectivity index (χ0) is 16.2. The monoisotopic (exact) mass is 312 g/mol. The first kappa shape index (κ1) is 16.1. The number of aryl methyl sites for hydroxylation is 1. The lowest BCUT2D eigenvalue weighted by atomic mass is 9.99. The number of hydrogen-bond donors (Lipinski definition) is 0. The van der Waals surface area contributed by atoms with Crippen LogP contribution in [0.1, 0.15) is 44.0 Å². The van der Waals surface area contributed by atoms with Crippen molar-refractivity contribution in [3.63, 3.8) is 0 Å². The maximum absolute atomic E-state index is 5.67. The Hall–Kier alpha value is -1.74. The third-order valence-electron chi connectivity index (χ3n) is 4.78. The lowest BCUT2D eigenvalue weighted by Gasteiger charge is -2.32. The molecule has 0 saturated carbocycles. The van der Waals surface area contributed by atoms with Gasteiger partial charge in [0.25, 0.3) is 0 Å². The third kappa shape index (κ3) is 3.45. The number of hydrogen-bond acceptors (Lipinski definition) is 2. The van der Waals surface area contributed by atoms with E-state index >= 15 is 0 Å². The highest BCUT2D eigenvalue weighted by Crippen LogP contribution is 2.36. The zero-order valence-electron chi connectivity index (χ0n) is 14.5. The molecular weight excluding hydrogens is 284 g/mol. The van der Waals surface area contributed by atoms with Crippen LogP contribution >= 0.6 is 0 Å². The molecular formula is C20H28N2O. The maximum Gasteiger partial charge on any atom is 0.124 e. The van der Waals surface area contributed by atoms with Gasteiger partial charge in [-0.05, 0) is 43.5 Å². The second kappa shape index (κ2) is 7.22. The van der Waals surface area contributed by atoms with Gasteiger partial charge in [-0.15, -0.1) is 0 Å². The van der Waals surface area contributed by atoms with E-state index in [9.17, 15) is 0 Å². The Morgan fingerprint density at radius 3 is 2.74 bits per heavy atom. The summed E-state index contributed by atoms with van der Waals surface area (Å²) < 4.78 is 8.08. The van der Waals surface area contributed by atoms with Crippen LogP contribution in [-0.2, 0) is 6.54 Å². The van der Waals surface area contributed by atoms with E-state index in [2.05, 4.69) is 65.9 Å². The van der Waals surface area contributed by atoms with Gasteiger partial charge in [0.05, 0.1) is 13.2 Å². The standard InChI is InChI=1S/C20H28N2O/c1-16(2)11-15-22-14-7-13-21-12-6-9-18(21)20(22)17-8-4-5-10-19(17)23-3/h4-6,8-10,12,16,20H,7,11,13-15H2,1-3H3/t20-/m0/s1. The van der Waals surface area contributed by atoms with Gasteiger partial charge in [-0.25, -0.2) is 0 Å². The molecule has 0 amide bonds. The van der Waals surface area contributed by atoms with Crippen molar-refractivity contribution in [3.8, 4) is 5.75 Å². The molecule has 2 aromatic rings. The molecule has 0 radical (unpaired) electrons. The van der Waals surface area contributed by atoms with Crippen LogP contribution in [0, 0.1) is 5.92 Å². The molecule has 3 rings (SSSR count). The minimum Gasteiger partial charge on any atom is -0.496 e. The fourth-order valence-electron chi connectivity index (χ4n) is 3.55. The summed E-state index contributed by atoms with van der Waals surface area (Å²) in [5.41, 5.74) is 2.66. The van der Waals surface area contributed by atoms with E-state index in [-0.39, 0.29) is 6.04 Å². The van der Waals surface area contributed by atoms with Gasteiger partial charge in [-0.3, -0.25) is 4.90 Å². The second-order valence-electron chi connectivity index (χ2n) is 6.84. The van der Waals surface area contributed by atoms with Crippen LogP contribution in [0.15, 0.2) is 42.6 Å². The quantitative estimate of drug-likeness (QED) is 0.817. The third-order valence-corrected chi connectivity index (χ3v) is 4.78. The Morgan fingerprint density at radius 1 is 1.13 bits per heavy atom. The molecule has 23 heavy (non-hydrogen) atoms. The number of rotatable bonds is 5. The Bertz CT molecular complexity index is 632. The molecule has 1 aromatic carbocycles. The van der Waals surface area contributed by atoms with Crippen LogP contribution in [0.25, 0.3) is 0 Å². The number of fused-ring (bicyclic) bond motifs is 1. The van der Waals surface area contributed by atoms with E-state index in [1.807, 2.05) is 0 Å². The van der Waals surface area contributed by atoms with Gasteiger partial charge in [0.2, 0.25) is 0 Å². The number of ether oxygens (including phenoxy) is 1. The smallest absolute Gasteiger partial charge is 0.124 e. The average Bonchev–Trinajstić information content (AvgIpc) is 2.94. The van der Waals surface area contributed by atoms with Crippen molar-refractivity contribution in [1.82, 2.24) is 9.47 Å². The van der Waals surface area contributed by atoms with Gasteiger partial charge in [-0.1, -0.05) is 32.0 Å². The van der Waals surface area contributed by atoms with Gasteiger partial charge in [0.15, 0.2) is 0 Å². The van der Waals surface area contributed by atoms with Crippen molar-refractivity contribution in [1.29, 1.82) is 0 Å². The van der Waals surface area contributed by atoms with Gasteiger partial charge in [-0.2, -0.15) is 0 Å². The molecule has 0 aliphatic carbocycles. The number of para-hydroxylation sites is 1. The van der Waals surface area contributed by atoms with E-state index in [0.717, 1.165) is 31.3 Å². The van der Waals surface area contributed by atoms with Crippen molar-refractivity contribution in [2.45, 2.75) is 39.3 Å². The summed E-state index contributed by atoms with van der Waals surface area (Å²) in [6.45, 7) is 7.98.